The molecule has 0 spiro atoms. The Kier molecular flexibility index (Phi) is 1.84. The highest BCUT2D eigenvalue weighted by molar-refractivity contribution is 6.02. The number of carbonyl (C=O) groups is 1. The van der Waals surface area contributed by atoms with Crippen molar-refractivity contribution >= 4 is 11.6 Å². The first kappa shape index (κ1) is 9.18. The van der Waals surface area contributed by atoms with Crippen LogP contribution in [0.15, 0.2) is 42.6 Å². The molecule has 80 valence electrons. The fourth-order valence-electron chi connectivity index (χ4n) is 1.95. The van der Waals surface area contributed by atoms with Crippen molar-refractivity contribution in [3.05, 3.63) is 53.9 Å². The van der Waals surface area contributed by atoms with Crippen LogP contribution in [0.4, 0.5) is 5.69 Å². The van der Waals surface area contributed by atoms with E-state index in [-0.39, 0.29) is 5.91 Å². The number of aliphatic hydroxyl groups excluding tert-OH is 1. The third-order valence-corrected chi connectivity index (χ3v) is 2.73. The minimum atomic E-state index is -0.859. The number of carbonyl (C=O) groups excluding carboxylic acids is 1. The smallest absolute Gasteiger partial charge is 0.264 e. The molecule has 0 bridgehead atoms. The second-order valence-corrected chi connectivity index (χ2v) is 3.70. The van der Waals surface area contributed by atoms with E-state index in [2.05, 4.69) is 5.32 Å². The number of benzene rings is 1. The summed E-state index contributed by atoms with van der Waals surface area (Å²) in [6.07, 6.45) is 0.799. The van der Waals surface area contributed by atoms with Crippen LogP contribution in [0.5, 0.6) is 0 Å². The van der Waals surface area contributed by atoms with Crippen molar-refractivity contribution in [3.8, 4) is 0 Å². The summed E-state index contributed by atoms with van der Waals surface area (Å²) in [4.78, 5) is 12.1. The number of anilines is 1. The maximum absolute atomic E-state index is 12.1. The topological polar surface area (TPSA) is 54.3 Å². The monoisotopic (exact) mass is 214 g/mol. The third-order valence-electron chi connectivity index (χ3n) is 2.73. The largest absolute Gasteiger partial charge is 0.368 e. The van der Waals surface area contributed by atoms with Crippen molar-refractivity contribution in [1.82, 2.24) is 4.57 Å². The predicted octanol–water partition coefficient (Wildman–Crippen LogP) is 1.59. The first-order valence-corrected chi connectivity index (χ1v) is 5.03. The summed E-state index contributed by atoms with van der Waals surface area (Å²) in [6.45, 7) is 0. The van der Waals surface area contributed by atoms with Crippen LogP contribution in [0.3, 0.4) is 0 Å². The van der Waals surface area contributed by atoms with Crippen LogP contribution in [-0.2, 0) is 0 Å². The zero-order chi connectivity index (χ0) is 11.1. The van der Waals surface area contributed by atoms with Gasteiger partial charge in [-0.3, -0.25) is 9.36 Å². The van der Waals surface area contributed by atoms with Gasteiger partial charge in [-0.1, -0.05) is 12.1 Å². The molecule has 1 aromatic carbocycles. The number of fused-ring (bicyclic) bond motifs is 2. The van der Waals surface area contributed by atoms with E-state index in [0.717, 1.165) is 0 Å². The van der Waals surface area contributed by atoms with E-state index in [1.54, 1.807) is 36.5 Å². The molecule has 0 saturated heterocycles. The molecule has 1 aliphatic heterocycles. The molecule has 2 N–H and O–H groups in total. The fraction of sp³-hybridized carbons (Fsp3) is 0.0833. The SMILES string of the molecule is O=C1c2ccccc2N[C@H](O)c2cccn21. The first-order chi connectivity index (χ1) is 7.77. The fourth-order valence-corrected chi connectivity index (χ4v) is 1.95. The minimum Gasteiger partial charge on any atom is -0.368 e. The molecule has 0 radical (unpaired) electrons. The first-order valence-electron chi connectivity index (χ1n) is 5.03. The van der Waals surface area contributed by atoms with Crippen LogP contribution in [0.1, 0.15) is 22.3 Å². The lowest BCUT2D eigenvalue weighted by Gasteiger charge is -2.11. The van der Waals surface area contributed by atoms with E-state index in [0.29, 0.717) is 16.9 Å². The summed E-state index contributed by atoms with van der Waals surface area (Å²) in [7, 11) is 0. The molecule has 3 rings (SSSR count). The van der Waals surface area contributed by atoms with Gasteiger partial charge < -0.3 is 10.4 Å². The molecule has 1 aliphatic rings. The Morgan fingerprint density at radius 1 is 1.19 bits per heavy atom. The highest BCUT2D eigenvalue weighted by atomic mass is 16.3. The van der Waals surface area contributed by atoms with Gasteiger partial charge in [0.25, 0.3) is 5.91 Å². The number of aliphatic hydroxyl groups is 1. The van der Waals surface area contributed by atoms with Gasteiger partial charge in [0.15, 0.2) is 6.23 Å². The number of aromatic nitrogens is 1. The van der Waals surface area contributed by atoms with Gasteiger partial charge in [-0.2, -0.15) is 0 Å². The summed E-state index contributed by atoms with van der Waals surface area (Å²) < 4.78 is 1.46. The van der Waals surface area contributed by atoms with E-state index in [1.807, 2.05) is 6.07 Å². The normalized spacial score (nSPS) is 18.3. The second-order valence-electron chi connectivity index (χ2n) is 3.70. The molecule has 1 aromatic heterocycles. The van der Waals surface area contributed by atoms with Gasteiger partial charge in [-0.25, -0.2) is 0 Å². The quantitative estimate of drug-likeness (QED) is 0.700. The maximum atomic E-state index is 12.1. The Morgan fingerprint density at radius 2 is 2.00 bits per heavy atom. The van der Waals surface area contributed by atoms with E-state index in [4.69, 9.17) is 0 Å². The molecule has 1 atom stereocenters. The van der Waals surface area contributed by atoms with Gasteiger partial charge in [-0.15, -0.1) is 0 Å². The highest BCUT2D eigenvalue weighted by Crippen LogP contribution is 2.26. The minimum absolute atomic E-state index is 0.125. The van der Waals surface area contributed by atoms with Gasteiger partial charge in [-0.05, 0) is 24.3 Å². The summed E-state index contributed by atoms with van der Waals surface area (Å²) >= 11 is 0. The molecule has 2 aromatic rings. The standard InChI is InChI=1S/C12H10N2O2/c15-11-10-6-3-7-14(10)12(16)8-4-1-2-5-9(8)13-11/h1-7,11,13,15H/t11-/m1/s1. The average molecular weight is 214 g/mol. The van der Waals surface area contributed by atoms with Crippen LogP contribution < -0.4 is 5.32 Å². The Bertz CT molecular complexity index is 560. The Balaban J connectivity index is 2.25. The van der Waals surface area contributed by atoms with Crippen LogP contribution in [0.25, 0.3) is 0 Å². The third kappa shape index (κ3) is 1.17. The van der Waals surface area contributed by atoms with E-state index in [1.165, 1.54) is 4.57 Å². The number of hydrogen-bond donors (Lipinski definition) is 2. The lowest BCUT2D eigenvalue weighted by molar-refractivity contribution is 0.0950. The molecule has 2 heterocycles. The molecular weight excluding hydrogens is 204 g/mol. The molecule has 16 heavy (non-hydrogen) atoms. The number of nitrogens with zero attached hydrogens (tertiary/aromatic N) is 1. The molecular formula is C12H10N2O2. The van der Waals surface area contributed by atoms with Crippen LogP contribution in [-0.4, -0.2) is 15.6 Å². The van der Waals surface area contributed by atoms with Crippen molar-refractivity contribution in [1.29, 1.82) is 0 Å². The molecule has 4 heteroatoms. The Morgan fingerprint density at radius 3 is 2.88 bits per heavy atom. The van der Waals surface area contributed by atoms with Crippen molar-refractivity contribution in [2.75, 3.05) is 5.32 Å². The lowest BCUT2D eigenvalue weighted by atomic mass is 10.1. The highest BCUT2D eigenvalue weighted by Gasteiger charge is 2.24. The van der Waals surface area contributed by atoms with Crippen LogP contribution in [0.2, 0.25) is 0 Å². The number of hydrogen-bond acceptors (Lipinski definition) is 3. The van der Waals surface area contributed by atoms with E-state index in [9.17, 15) is 9.90 Å². The summed E-state index contributed by atoms with van der Waals surface area (Å²) in [5.41, 5.74) is 1.78. The Hall–Kier alpha value is -2.07. The van der Waals surface area contributed by atoms with Crippen LogP contribution in [0, 0.1) is 0 Å². The number of rotatable bonds is 0. The van der Waals surface area contributed by atoms with Gasteiger partial charge in [0.2, 0.25) is 0 Å². The Labute approximate surface area is 92.1 Å². The van der Waals surface area contributed by atoms with E-state index >= 15 is 0 Å². The van der Waals surface area contributed by atoms with Gasteiger partial charge >= 0.3 is 0 Å². The van der Waals surface area contributed by atoms with E-state index < -0.39 is 6.23 Å². The molecule has 0 saturated carbocycles. The average Bonchev–Trinajstić information content (AvgIpc) is 2.74. The molecule has 0 unspecified atom stereocenters. The van der Waals surface area contributed by atoms with Gasteiger partial charge in [0.1, 0.15) is 0 Å². The van der Waals surface area contributed by atoms with Gasteiger partial charge in [0, 0.05) is 11.9 Å². The number of para-hydroxylation sites is 1. The van der Waals surface area contributed by atoms with Crippen molar-refractivity contribution in [2.24, 2.45) is 0 Å². The summed E-state index contributed by atoms with van der Waals surface area (Å²) in [5.74, 6) is -0.125. The second kappa shape index (κ2) is 3.21. The molecule has 0 fully saturated rings. The maximum Gasteiger partial charge on any atom is 0.264 e. The summed E-state index contributed by atoms with van der Waals surface area (Å²) in [6, 6.07) is 10.6. The lowest BCUT2D eigenvalue weighted by Crippen LogP contribution is -2.14. The predicted molar refractivity (Wildman–Crippen MR) is 59.2 cm³/mol. The van der Waals surface area contributed by atoms with Crippen molar-refractivity contribution in [3.63, 3.8) is 0 Å². The molecule has 0 aliphatic carbocycles. The van der Waals surface area contributed by atoms with Gasteiger partial charge in [0.05, 0.1) is 11.3 Å². The zero-order valence-corrected chi connectivity index (χ0v) is 8.42. The summed E-state index contributed by atoms with van der Waals surface area (Å²) in [5, 5.41) is 12.8. The molecule has 4 nitrogen and oxygen atoms in total. The van der Waals surface area contributed by atoms with Crippen molar-refractivity contribution in [2.45, 2.75) is 6.23 Å². The zero-order valence-electron chi connectivity index (χ0n) is 8.42. The van der Waals surface area contributed by atoms with Crippen LogP contribution >= 0.6 is 0 Å². The number of nitrogens with one attached hydrogen (secondary N) is 1. The van der Waals surface area contributed by atoms with Crippen molar-refractivity contribution < 1.29 is 9.90 Å². The molecule has 0 amide bonds.